The predicted molar refractivity (Wildman–Crippen MR) is 65.3 cm³/mol. The van der Waals surface area contributed by atoms with Crippen LogP contribution in [0.1, 0.15) is 65.2 Å². The topological polar surface area (TPSA) is 80.3 Å². The van der Waals surface area contributed by atoms with Crippen molar-refractivity contribution in [1.82, 2.24) is 0 Å². The van der Waals surface area contributed by atoms with Crippen molar-refractivity contribution in [3.8, 4) is 0 Å². The number of rotatable bonds is 11. The molecule has 0 aliphatic carbocycles. The highest BCUT2D eigenvalue weighted by molar-refractivity contribution is 5.68. The largest absolute Gasteiger partial charge is 0.550 e. The van der Waals surface area contributed by atoms with Gasteiger partial charge in [0, 0.05) is 17.9 Å². The lowest BCUT2D eigenvalue weighted by atomic mass is 9.82. The van der Waals surface area contributed by atoms with Gasteiger partial charge in [0.1, 0.15) is 0 Å². The van der Waals surface area contributed by atoms with Gasteiger partial charge in [-0.3, -0.25) is 0 Å². The molecule has 0 fully saturated rings. The molecule has 0 radical (unpaired) electrons. The Labute approximate surface area is 109 Å². The van der Waals surface area contributed by atoms with E-state index in [1.807, 2.05) is 6.92 Å². The molecule has 0 spiro atoms. The van der Waals surface area contributed by atoms with Gasteiger partial charge in [0.15, 0.2) is 0 Å². The first-order valence-corrected chi connectivity index (χ1v) is 6.93. The molecule has 0 rings (SSSR count). The monoisotopic (exact) mass is 256 g/mol. The summed E-state index contributed by atoms with van der Waals surface area (Å²) < 4.78 is 0. The molecule has 0 saturated carbocycles. The van der Waals surface area contributed by atoms with E-state index in [1.54, 1.807) is 0 Å². The third kappa shape index (κ3) is 7.30. The lowest BCUT2D eigenvalue weighted by Gasteiger charge is -2.27. The second kappa shape index (κ2) is 9.92. The Hall–Kier alpha value is -1.06. The molecule has 106 valence electrons. The third-order valence-corrected chi connectivity index (χ3v) is 3.47. The van der Waals surface area contributed by atoms with E-state index in [1.165, 1.54) is 0 Å². The maximum absolute atomic E-state index is 11.1. The van der Waals surface area contributed by atoms with Crippen LogP contribution in [-0.4, -0.2) is 11.9 Å². The third-order valence-electron chi connectivity index (χ3n) is 3.47. The van der Waals surface area contributed by atoms with Crippen LogP contribution in [0.5, 0.6) is 0 Å². The lowest BCUT2D eigenvalue weighted by Crippen LogP contribution is -2.36. The molecular weight excluding hydrogens is 232 g/mol. The van der Waals surface area contributed by atoms with Crippen LogP contribution in [-0.2, 0) is 9.59 Å². The van der Waals surface area contributed by atoms with Gasteiger partial charge in [-0.05, 0) is 31.6 Å². The highest BCUT2D eigenvalue weighted by Crippen LogP contribution is 2.26. The molecule has 4 heteroatoms. The number of aliphatic carboxylic acids is 2. The van der Waals surface area contributed by atoms with Gasteiger partial charge < -0.3 is 19.8 Å². The van der Waals surface area contributed by atoms with Crippen molar-refractivity contribution in [2.75, 3.05) is 0 Å². The fourth-order valence-electron chi connectivity index (χ4n) is 2.36. The minimum Gasteiger partial charge on any atom is -0.550 e. The summed E-state index contributed by atoms with van der Waals surface area (Å²) in [5.41, 5.74) is 0. The summed E-state index contributed by atoms with van der Waals surface area (Å²) in [4.78, 5) is 21.5. The maximum atomic E-state index is 11.1. The molecule has 0 amide bonds. The summed E-state index contributed by atoms with van der Waals surface area (Å²) in [6, 6.07) is 0. The van der Waals surface area contributed by atoms with Crippen molar-refractivity contribution < 1.29 is 19.8 Å². The van der Waals surface area contributed by atoms with Gasteiger partial charge in [-0.1, -0.05) is 39.5 Å². The average molecular weight is 256 g/mol. The Balaban J connectivity index is 4.25. The minimum absolute atomic E-state index is 0.0742. The van der Waals surface area contributed by atoms with Crippen molar-refractivity contribution in [3.05, 3.63) is 0 Å². The van der Waals surface area contributed by atoms with Gasteiger partial charge in [0.05, 0.1) is 0 Å². The van der Waals surface area contributed by atoms with Gasteiger partial charge in [-0.2, -0.15) is 0 Å². The minimum atomic E-state index is -1.12. The normalized spacial score (nSPS) is 14.1. The summed E-state index contributed by atoms with van der Waals surface area (Å²) in [5.74, 6) is -2.59. The van der Waals surface area contributed by atoms with Crippen LogP contribution in [0.4, 0.5) is 0 Å². The molecule has 2 unspecified atom stereocenters. The molecule has 0 aliphatic rings. The highest BCUT2D eigenvalue weighted by Gasteiger charge is 2.20. The summed E-state index contributed by atoms with van der Waals surface area (Å²) in [5, 5.41) is 21.5. The van der Waals surface area contributed by atoms with Crippen LogP contribution in [0.2, 0.25) is 0 Å². The Kier molecular flexibility index (Phi) is 9.33. The van der Waals surface area contributed by atoms with Crippen molar-refractivity contribution in [2.24, 2.45) is 11.8 Å². The maximum Gasteiger partial charge on any atom is 0.0448 e. The lowest BCUT2D eigenvalue weighted by molar-refractivity contribution is -0.315. The van der Waals surface area contributed by atoms with Gasteiger partial charge in [0.2, 0.25) is 0 Å². The zero-order valence-electron chi connectivity index (χ0n) is 11.4. The van der Waals surface area contributed by atoms with E-state index in [0.29, 0.717) is 12.8 Å². The Morgan fingerprint density at radius 2 is 1.67 bits per heavy atom. The molecule has 0 aromatic rings. The van der Waals surface area contributed by atoms with Crippen LogP contribution >= 0.6 is 0 Å². The number of carboxylic acids is 2. The Morgan fingerprint density at radius 3 is 2.11 bits per heavy atom. The zero-order valence-corrected chi connectivity index (χ0v) is 11.4. The molecule has 0 N–H and O–H groups in total. The van der Waals surface area contributed by atoms with Crippen molar-refractivity contribution in [1.29, 1.82) is 0 Å². The SMILES string of the molecule is CCCCCC(CC)C(CCCC(=O)[O-])C(=O)[O-]. The second-order valence-electron chi connectivity index (χ2n) is 4.85. The van der Waals surface area contributed by atoms with Crippen LogP contribution in [0.25, 0.3) is 0 Å². The van der Waals surface area contributed by atoms with E-state index in [9.17, 15) is 19.8 Å². The van der Waals surface area contributed by atoms with E-state index in [-0.39, 0.29) is 12.3 Å². The first-order chi connectivity index (χ1) is 8.52. The summed E-state index contributed by atoms with van der Waals surface area (Å²) in [7, 11) is 0. The molecule has 0 heterocycles. The molecule has 0 aromatic carbocycles. The van der Waals surface area contributed by atoms with Crippen molar-refractivity contribution in [2.45, 2.75) is 65.2 Å². The van der Waals surface area contributed by atoms with Gasteiger partial charge >= 0.3 is 0 Å². The molecule has 18 heavy (non-hydrogen) atoms. The van der Waals surface area contributed by atoms with Crippen LogP contribution in [0.3, 0.4) is 0 Å². The number of carbonyl (C=O) groups excluding carboxylic acids is 2. The molecule has 0 saturated heterocycles. The summed E-state index contributed by atoms with van der Waals surface area (Å²) >= 11 is 0. The van der Waals surface area contributed by atoms with Crippen molar-refractivity contribution >= 4 is 11.9 Å². The molecule has 0 aromatic heterocycles. The molecular formula is C14H24O4-2. The van der Waals surface area contributed by atoms with Crippen LogP contribution in [0.15, 0.2) is 0 Å². The summed E-state index contributed by atoms with van der Waals surface area (Å²) in [6.07, 6.45) is 5.58. The fraction of sp³-hybridized carbons (Fsp3) is 0.857. The quantitative estimate of drug-likeness (QED) is 0.514. The Morgan fingerprint density at radius 1 is 1.00 bits per heavy atom. The van der Waals surface area contributed by atoms with Crippen LogP contribution in [0, 0.1) is 11.8 Å². The van der Waals surface area contributed by atoms with Gasteiger partial charge in [-0.15, -0.1) is 0 Å². The number of hydrogen-bond acceptors (Lipinski definition) is 4. The first kappa shape index (κ1) is 16.9. The number of carboxylic acid groups (broad SMARTS) is 2. The van der Waals surface area contributed by atoms with E-state index < -0.39 is 17.9 Å². The van der Waals surface area contributed by atoms with E-state index in [2.05, 4.69) is 6.92 Å². The van der Waals surface area contributed by atoms with Crippen LogP contribution < -0.4 is 10.2 Å². The first-order valence-electron chi connectivity index (χ1n) is 6.93. The van der Waals surface area contributed by atoms with Gasteiger partial charge in [-0.25, -0.2) is 0 Å². The predicted octanol–water partition coefficient (Wildman–Crippen LogP) is 0.879. The van der Waals surface area contributed by atoms with Crippen molar-refractivity contribution in [3.63, 3.8) is 0 Å². The molecule has 0 aliphatic heterocycles. The number of unbranched alkanes of at least 4 members (excludes halogenated alkanes) is 2. The molecule has 0 bridgehead atoms. The average Bonchev–Trinajstić information content (AvgIpc) is 2.31. The van der Waals surface area contributed by atoms with E-state index >= 15 is 0 Å². The molecule has 2 atom stereocenters. The molecule has 4 nitrogen and oxygen atoms in total. The standard InChI is InChI=1S/C14H26O4/c1-3-5-6-8-11(4-2)12(14(17)18)9-7-10-13(15)16/h11-12H,3-10H2,1-2H3,(H,15,16)(H,17,18)/p-2. The zero-order chi connectivity index (χ0) is 14.0. The van der Waals surface area contributed by atoms with E-state index in [0.717, 1.165) is 32.1 Å². The smallest absolute Gasteiger partial charge is 0.0448 e. The van der Waals surface area contributed by atoms with E-state index in [4.69, 9.17) is 0 Å². The Bertz CT molecular complexity index is 250. The second-order valence-corrected chi connectivity index (χ2v) is 4.85. The highest BCUT2D eigenvalue weighted by atomic mass is 16.4. The summed E-state index contributed by atoms with van der Waals surface area (Å²) in [6.45, 7) is 4.09. The number of hydrogen-bond donors (Lipinski definition) is 0. The number of carbonyl (C=O) groups is 2. The fourth-order valence-corrected chi connectivity index (χ4v) is 2.36. The van der Waals surface area contributed by atoms with Gasteiger partial charge in [0.25, 0.3) is 0 Å².